The molecule has 0 aromatic carbocycles. The van der Waals surface area contributed by atoms with Crippen LogP contribution >= 0.6 is 0 Å². The van der Waals surface area contributed by atoms with Gasteiger partial charge in [0.1, 0.15) is 5.54 Å². The molecular formula is C15H26N3O2+. The maximum atomic E-state index is 11.5. The molecule has 0 radical (unpaired) electrons. The molecule has 1 aliphatic rings. The summed E-state index contributed by atoms with van der Waals surface area (Å²) in [7, 11) is 4.32. The minimum atomic E-state index is -0.882. The topological polar surface area (TPSA) is 66.9 Å². The summed E-state index contributed by atoms with van der Waals surface area (Å²) in [6, 6.07) is 1.94. The Hall–Kier alpha value is -1.41. The lowest BCUT2D eigenvalue weighted by Crippen LogP contribution is -3.16. The molecule has 1 fully saturated rings. The Bertz CT molecular complexity index is 379. The highest BCUT2D eigenvalue weighted by Crippen LogP contribution is 2.25. The van der Waals surface area contributed by atoms with Crippen molar-refractivity contribution in [2.75, 3.05) is 27.2 Å². The minimum absolute atomic E-state index is 0.156. The molecule has 1 aliphatic carbocycles. The molecule has 0 aromatic heterocycles. The van der Waals surface area contributed by atoms with Crippen molar-refractivity contribution in [1.29, 1.82) is 5.26 Å². The summed E-state index contributed by atoms with van der Waals surface area (Å²) in [5.41, 5.74) is 0.156. The second-order valence-electron chi connectivity index (χ2n) is 5.69. The normalized spacial score (nSPS) is 19.8. The summed E-state index contributed by atoms with van der Waals surface area (Å²) >= 11 is 0. The molecule has 20 heavy (non-hydrogen) atoms. The van der Waals surface area contributed by atoms with E-state index in [-0.39, 0.29) is 12.1 Å². The molecule has 1 N–H and O–H groups in total. The summed E-state index contributed by atoms with van der Waals surface area (Å²) in [6.45, 7) is 2.69. The van der Waals surface area contributed by atoms with Gasteiger partial charge in [0.15, 0.2) is 5.92 Å². The summed E-state index contributed by atoms with van der Waals surface area (Å²) in [4.78, 5) is 17.3. The van der Waals surface area contributed by atoms with Gasteiger partial charge >= 0.3 is 5.97 Å². The lowest BCUT2D eigenvalue weighted by molar-refractivity contribution is -0.915. The first-order chi connectivity index (χ1) is 9.55. The van der Waals surface area contributed by atoms with Gasteiger partial charge in [0.25, 0.3) is 0 Å². The standard InChI is InChI=1S/C15H25N3O2/c1-4-20-14(19)13(10-16)11-17-12-15(18(2)3)8-6-5-7-9-15/h11,13H,4-9,12H2,1-3H3/p+1/t13-/m1/s1. The highest BCUT2D eigenvalue weighted by atomic mass is 16.5. The average Bonchev–Trinajstić information content (AvgIpc) is 2.44. The zero-order valence-electron chi connectivity index (χ0n) is 12.8. The summed E-state index contributed by atoms with van der Waals surface area (Å²) in [6.07, 6.45) is 7.53. The Balaban J connectivity index is 2.64. The van der Waals surface area contributed by atoms with E-state index in [1.165, 1.54) is 30.4 Å². The third-order valence-electron chi connectivity index (χ3n) is 4.20. The van der Waals surface area contributed by atoms with Crippen molar-refractivity contribution in [3.63, 3.8) is 0 Å². The lowest BCUT2D eigenvalue weighted by atomic mass is 9.81. The van der Waals surface area contributed by atoms with Gasteiger partial charge in [-0.25, -0.2) is 0 Å². The molecule has 0 unspecified atom stereocenters. The molecular weight excluding hydrogens is 254 g/mol. The van der Waals surface area contributed by atoms with E-state index in [2.05, 4.69) is 19.1 Å². The first-order valence-corrected chi connectivity index (χ1v) is 7.42. The summed E-state index contributed by atoms with van der Waals surface area (Å²) in [5.74, 6) is -1.39. The number of nitrogens with zero attached hydrogens (tertiary/aromatic N) is 2. The van der Waals surface area contributed by atoms with Crippen LogP contribution in [0.2, 0.25) is 0 Å². The molecule has 0 spiro atoms. The van der Waals surface area contributed by atoms with Crippen LogP contribution in [0.4, 0.5) is 0 Å². The Morgan fingerprint density at radius 2 is 2.10 bits per heavy atom. The van der Waals surface area contributed by atoms with Gasteiger partial charge in [-0.3, -0.25) is 9.79 Å². The van der Waals surface area contributed by atoms with Crippen LogP contribution in [-0.4, -0.2) is 45.0 Å². The molecule has 0 aliphatic heterocycles. The predicted octanol–water partition coefficient (Wildman–Crippen LogP) is 0.607. The number of carbonyl (C=O) groups is 1. The van der Waals surface area contributed by atoms with Crippen LogP contribution in [0.5, 0.6) is 0 Å². The Kier molecular flexibility index (Phi) is 6.66. The number of quaternary nitrogens is 1. The molecule has 0 amide bonds. The van der Waals surface area contributed by atoms with Crippen LogP contribution in [0.15, 0.2) is 4.99 Å². The van der Waals surface area contributed by atoms with Crippen LogP contribution in [0.25, 0.3) is 0 Å². The van der Waals surface area contributed by atoms with Gasteiger partial charge in [0, 0.05) is 19.1 Å². The number of nitrogens with one attached hydrogen (secondary N) is 1. The quantitative estimate of drug-likeness (QED) is 0.572. The van der Waals surface area contributed by atoms with Crippen molar-refractivity contribution in [3.8, 4) is 6.07 Å². The molecule has 1 atom stereocenters. The van der Waals surface area contributed by atoms with Gasteiger partial charge in [0.2, 0.25) is 0 Å². The van der Waals surface area contributed by atoms with Gasteiger partial charge in [-0.05, 0) is 19.8 Å². The van der Waals surface area contributed by atoms with Gasteiger partial charge in [-0.15, -0.1) is 0 Å². The van der Waals surface area contributed by atoms with Crippen LogP contribution < -0.4 is 4.90 Å². The van der Waals surface area contributed by atoms with Crippen molar-refractivity contribution in [1.82, 2.24) is 0 Å². The highest BCUT2D eigenvalue weighted by molar-refractivity contribution is 5.92. The zero-order chi connectivity index (χ0) is 15.0. The fourth-order valence-electron chi connectivity index (χ4n) is 2.76. The van der Waals surface area contributed by atoms with Crippen LogP contribution in [-0.2, 0) is 9.53 Å². The first-order valence-electron chi connectivity index (χ1n) is 7.42. The smallest absolute Gasteiger partial charge is 0.328 e. The van der Waals surface area contributed by atoms with Crippen LogP contribution in [0.3, 0.4) is 0 Å². The number of hydrogen-bond donors (Lipinski definition) is 1. The Morgan fingerprint density at radius 3 is 2.60 bits per heavy atom. The lowest BCUT2D eigenvalue weighted by Gasteiger charge is -2.38. The molecule has 0 aromatic rings. The molecule has 1 saturated carbocycles. The molecule has 1 rings (SSSR count). The molecule has 5 heteroatoms. The zero-order valence-corrected chi connectivity index (χ0v) is 12.8. The number of nitriles is 1. The first kappa shape index (κ1) is 16.6. The van der Waals surface area contributed by atoms with Crippen LogP contribution in [0.1, 0.15) is 39.0 Å². The van der Waals surface area contributed by atoms with Gasteiger partial charge in [0.05, 0.1) is 33.3 Å². The van der Waals surface area contributed by atoms with Gasteiger partial charge < -0.3 is 9.64 Å². The maximum absolute atomic E-state index is 11.5. The van der Waals surface area contributed by atoms with Crippen molar-refractivity contribution in [3.05, 3.63) is 0 Å². The maximum Gasteiger partial charge on any atom is 0.328 e. The van der Waals surface area contributed by atoms with Crippen molar-refractivity contribution in [2.45, 2.75) is 44.6 Å². The van der Waals surface area contributed by atoms with E-state index < -0.39 is 11.9 Å². The number of aliphatic imine (C=N–C) groups is 1. The number of ether oxygens (including phenoxy) is 1. The monoisotopic (exact) mass is 280 g/mol. The molecule has 0 bridgehead atoms. The number of hydrogen-bond acceptors (Lipinski definition) is 4. The third kappa shape index (κ3) is 4.31. The van der Waals surface area contributed by atoms with E-state index in [9.17, 15) is 4.79 Å². The molecule has 112 valence electrons. The van der Waals surface area contributed by atoms with E-state index in [4.69, 9.17) is 10.00 Å². The van der Waals surface area contributed by atoms with E-state index >= 15 is 0 Å². The molecule has 5 nitrogen and oxygen atoms in total. The van der Waals surface area contributed by atoms with Crippen molar-refractivity contribution in [2.24, 2.45) is 10.9 Å². The fourth-order valence-corrected chi connectivity index (χ4v) is 2.76. The SMILES string of the molecule is CCOC(=O)[C@H](C#N)C=NCC1([NH+](C)C)CCCCC1. The second-order valence-corrected chi connectivity index (χ2v) is 5.69. The van der Waals surface area contributed by atoms with Gasteiger partial charge in [-0.1, -0.05) is 6.42 Å². The summed E-state index contributed by atoms with van der Waals surface area (Å²) < 4.78 is 4.85. The van der Waals surface area contributed by atoms with E-state index in [0.717, 1.165) is 12.8 Å². The van der Waals surface area contributed by atoms with E-state index in [1.807, 2.05) is 6.07 Å². The second kappa shape index (κ2) is 8.01. The molecule has 0 saturated heterocycles. The average molecular weight is 280 g/mol. The molecule has 0 heterocycles. The minimum Gasteiger partial charge on any atom is -0.465 e. The van der Waals surface area contributed by atoms with Crippen molar-refractivity contribution < 1.29 is 14.4 Å². The largest absolute Gasteiger partial charge is 0.465 e. The van der Waals surface area contributed by atoms with E-state index in [0.29, 0.717) is 6.54 Å². The fraction of sp³-hybridized carbons (Fsp3) is 0.800. The number of esters is 1. The Labute approximate surface area is 121 Å². The van der Waals surface area contributed by atoms with E-state index in [1.54, 1.807) is 6.92 Å². The predicted molar refractivity (Wildman–Crippen MR) is 77.7 cm³/mol. The number of rotatable bonds is 6. The summed E-state index contributed by atoms with van der Waals surface area (Å²) in [5, 5.41) is 8.99. The Morgan fingerprint density at radius 1 is 1.45 bits per heavy atom. The highest BCUT2D eigenvalue weighted by Gasteiger charge is 2.37. The van der Waals surface area contributed by atoms with Gasteiger partial charge in [-0.2, -0.15) is 5.26 Å². The van der Waals surface area contributed by atoms with Crippen molar-refractivity contribution >= 4 is 12.2 Å². The third-order valence-corrected chi connectivity index (χ3v) is 4.20. The van der Waals surface area contributed by atoms with Crippen LogP contribution in [0, 0.1) is 17.2 Å². The number of carbonyl (C=O) groups excluding carboxylic acids is 1. The number of likely N-dealkylation sites (N-methyl/N-ethyl adjacent to an activating group) is 1.